The molecule has 2 bridgehead atoms. The number of hydrogen-bond acceptors (Lipinski definition) is 4. The van der Waals surface area contributed by atoms with Crippen LogP contribution in [0.25, 0.3) is 0 Å². The molecular weight excluding hydrogens is 304 g/mol. The van der Waals surface area contributed by atoms with Crippen molar-refractivity contribution in [2.45, 2.75) is 64.6 Å². The molecule has 3 N–H and O–H groups in total. The van der Waals surface area contributed by atoms with E-state index in [2.05, 4.69) is 26.8 Å². The summed E-state index contributed by atoms with van der Waals surface area (Å²) in [6.45, 7) is 6.24. The van der Waals surface area contributed by atoms with Gasteiger partial charge in [0.1, 0.15) is 11.4 Å². The van der Waals surface area contributed by atoms with Crippen molar-refractivity contribution in [2.75, 3.05) is 6.61 Å². The van der Waals surface area contributed by atoms with Crippen molar-refractivity contribution in [1.29, 1.82) is 0 Å². The van der Waals surface area contributed by atoms with E-state index in [1.54, 1.807) is 6.08 Å². The lowest BCUT2D eigenvalue weighted by atomic mass is 9.36. The van der Waals surface area contributed by atoms with Gasteiger partial charge in [-0.1, -0.05) is 39.3 Å². The fraction of sp³-hybridized carbons (Fsp3) is 0.850. The molecule has 0 radical (unpaired) electrons. The van der Waals surface area contributed by atoms with Crippen molar-refractivity contribution in [2.24, 2.45) is 34.0 Å². The summed E-state index contributed by atoms with van der Waals surface area (Å²) in [6.07, 6.45) is 7.41. The Morgan fingerprint density at radius 2 is 1.96 bits per heavy atom. The standard InChI is InChI=1S/C20H30O4/c1-17(2)6-4-7-18(3)15(17)13(22)9-19-8-5-12(14(23)16(18)19)20(24,10-19)11-21/h5,8,12-13,15-16,21-22,24H,4,6-7,9-11H2,1-3H3/t12-,13+,15+,16-,18+,19+,20+/m0/s1. The maximum Gasteiger partial charge on any atom is 0.147 e. The highest BCUT2D eigenvalue weighted by Gasteiger charge is 2.70. The summed E-state index contributed by atoms with van der Waals surface area (Å²) in [6, 6.07) is 0. The van der Waals surface area contributed by atoms with E-state index in [9.17, 15) is 20.1 Å². The lowest BCUT2D eigenvalue weighted by molar-refractivity contribution is -0.221. The van der Waals surface area contributed by atoms with Crippen LogP contribution < -0.4 is 0 Å². The Labute approximate surface area is 144 Å². The highest BCUT2D eigenvalue weighted by molar-refractivity contribution is 5.91. The Morgan fingerprint density at radius 3 is 2.62 bits per heavy atom. The van der Waals surface area contributed by atoms with Crippen LogP contribution in [0, 0.1) is 34.0 Å². The van der Waals surface area contributed by atoms with Gasteiger partial charge in [-0.25, -0.2) is 0 Å². The number of carbonyl (C=O) groups excluding carboxylic acids is 1. The Balaban J connectivity index is 1.86. The van der Waals surface area contributed by atoms with Crippen LogP contribution in [0.2, 0.25) is 0 Å². The minimum Gasteiger partial charge on any atom is -0.393 e. The van der Waals surface area contributed by atoms with Gasteiger partial charge < -0.3 is 15.3 Å². The molecular formula is C20H30O4. The van der Waals surface area contributed by atoms with E-state index in [1.165, 1.54) is 0 Å². The monoisotopic (exact) mass is 334 g/mol. The summed E-state index contributed by atoms with van der Waals surface area (Å²) < 4.78 is 0. The van der Waals surface area contributed by atoms with Crippen molar-refractivity contribution in [3.05, 3.63) is 12.2 Å². The third-order valence-corrected chi connectivity index (χ3v) is 8.00. The third kappa shape index (κ3) is 1.83. The minimum absolute atomic E-state index is 0.0159. The Morgan fingerprint density at radius 1 is 1.25 bits per heavy atom. The quantitative estimate of drug-likeness (QED) is 0.642. The van der Waals surface area contributed by atoms with Crippen molar-refractivity contribution < 1.29 is 20.1 Å². The number of aliphatic hydroxyl groups is 3. The zero-order chi connectivity index (χ0) is 17.5. The summed E-state index contributed by atoms with van der Waals surface area (Å²) in [5.74, 6) is -0.572. The first kappa shape index (κ1) is 16.7. The molecule has 0 aromatic carbocycles. The largest absolute Gasteiger partial charge is 0.393 e. The molecule has 5 aliphatic rings. The molecule has 5 aliphatic carbocycles. The first-order valence-electron chi connectivity index (χ1n) is 9.34. The van der Waals surface area contributed by atoms with E-state index in [0.29, 0.717) is 12.8 Å². The van der Waals surface area contributed by atoms with Crippen molar-refractivity contribution >= 4 is 5.78 Å². The second kappa shape index (κ2) is 4.72. The number of rotatable bonds is 1. The maximum absolute atomic E-state index is 13.4. The normalized spacial score (nSPS) is 55.2. The molecule has 3 saturated carbocycles. The molecule has 3 fully saturated rings. The van der Waals surface area contributed by atoms with Crippen LogP contribution in [0.1, 0.15) is 52.9 Å². The summed E-state index contributed by atoms with van der Waals surface area (Å²) in [7, 11) is 0. The van der Waals surface area contributed by atoms with Gasteiger partial charge in [0.25, 0.3) is 0 Å². The predicted molar refractivity (Wildman–Crippen MR) is 90.1 cm³/mol. The Kier molecular flexibility index (Phi) is 3.29. The number of carbonyl (C=O) groups is 1. The number of fused-ring (bicyclic) bond motifs is 2. The molecule has 5 rings (SSSR count). The van der Waals surface area contributed by atoms with Crippen LogP contribution in [0.3, 0.4) is 0 Å². The van der Waals surface area contributed by atoms with Gasteiger partial charge >= 0.3 is 0 Å². The second-order valence-corrected chi connectivity index (χ2v) is 9.94. The first-order valence-corrected chi connectivity index (χ1v) is 9.34. The number of allylic oxidation sites excluding steroid dienone is 1. The van der Waals surface area contributed by atoms with Gasteiger partial charge in [-0.15, -0.1) is 0 Å². The Bertz CT molecular complexity index is 611. The van der Waals surface area contributed by atoms with Gasteiger partial charge in [-0.05, 0) is 42.4 Å². The third-order valence-electron chi connectivity index (χ3n) is 8.00. The van der Waals surface area contributed by atoms with Gasteiger partial charge in [0.15, 0.2) is 0 Å². The lowest BCUT2D eigenvalue weighted by Crippen LogP contribution is -2.70. The maximum atomic E-state index is 13.4. The van der Waals surface area contributed by atoms with Crippen LogP contribution in [0.15, 0.2) is 12.2 Å². The number of ketones is 1. The van der Waals surface area contributed by atoms with Gasteiger partial charge in [-0.3, -0.25) is 4.79 Å². The topological polar surface area (TPSA) is 77.8 Å². The van der Waals surface area contributed by atoms with Crippen LogP contribution in [-0.4, -0.2) is 39.4 Å². The number of hydrogen-bond donors (Lipinski definition) is 3. The van der Waals surface area contributed by atoms with Crippen LogP contribution in [0.4, 0.5) is 0 Å². The number of Topliss-reactive ketones (excluding diaryl/α,β-unsaturated/α-hetero) is 1. The van der Waals surface area contributed by atoms with Crippen LogP contribution in [-0.2, 0) is 4.79 Å². The van der Waals surface area contributed by atoms with Crippen LogP contribution in [0.5, 0.6) is 0 Å². The summed E-state index contributed by atoms with van der Waals surface area (Å²) in [5.41, 5.74) is -2.10. The van der Waals surface area contributed by atoms with E-state index in [0.717, 1.165) is 19.3 Å². The molecule has 24 heavy (non-hydrogen) atoms. The lowest BCUT2D eigenvalue weighted by Gasteiger charge is -2.68. The van der Waals surface area contributed by atoms with Crippen molar-refractivity contribution in [3.63, 3.8) is 0 Å². The Hall–Kier alpha value is -0.710. The minimum atomic E-state index is -1.37. The first-order chi connectivity index (χ1) is 11.1. The van der Waals surface area contributed by atoms with Crippen molar-refractivity contribution in [3.8, 4) is 0 Å². The predicted octanol–water partition coefficient (Wildman–Crippen LogP) is 2.07. The fourth-order valence-corrected chi connectivity index (χ4v) is 7.54. The van der Waals surface area contributed by atoms with E-state index in [4.69, 9.17) is 0 Å². The summed E-state index contributed by atoms with van der Waals surface area (Å²) in [4.78, 5) is 13.4. The smallest absolute Gasteiger partial charge is 0.147 e. The molecule has 0 aliphatic heterocycles. The van der Waals surface area contributed by atoms with Gasteiger partial charge in [0.2, 0.25) is 0 Å². The molecule has 0 amide bonds. The highest BCUT2D eigenvalue weighted by Crippen LogP contribution is 2.69. The molecule has 0 heterocycles. The van der Waals surface area contributed by atoms with Gasteiger partial charge in [0.05, 0.1) is 18.6 Å². The molecule has 7 atom stereocenters. The molecule has 0 saturated heterocycles. The van der Waals surface area contributed by atoms with Gasteiger partial charge in [0, 0.05) is 11.3 Å². The molecule has 0 aromatic rings. The zero-order valence-electron chi connectivity index (χ0n) is 15.0. The summed E-state index contributed by atoms with van der Waals surface area (Å²) >= 11 is 0. The summed E-state index contributed by atoms with van der Waals surface area (Å²) in [5, 5.41) is 31.7. The average molecular weight is 334 g/mol. The molecule has 1 spiro atoms. The molecule has 4 heteroatoms. The molecule has 0 unspecified atom stereocenters. The van der Waals surface area contributed by atoms with Crippen molar-refractivity contribution in [1.82, 2.24) is 0 Å². The van der Waals surface area contributed by atoms with E-state index in [-0.39, 0.29) is 28.4 Å². The van der Waals surface area contributed by atoms with E-state index in [1.807, 2.05) is 0 Å². The average Bonchev–Trinajstić information content (AvgIpc) is 2.44. The van der Waals surface area contributed by atoms with Gasteiger partial charge in [-0.2, -0.15) is 0 Å². The van der Waals surface area contributed by atoms with E-state index < -0.39 is 29.6 Å². The molecule has 134 valence electrons. The highest BCUT2D eigenvalue weighted by atomic mass is 16.3. The number of aliphatic hydroxyl groups excluding tert-OH is 2. The zero-order valence-corrected chi connectivity index (χ0v) is 15.0. The fourth-order valence-electron chi connectivity index (χ4n) is 7.54. The van der Waals surface area contributed by atoms with E-state index >= 15 is 0 Å². The SMILES string of the molecule is CC1(C)CCC[C@]2(C)[C@@H]1[C@H](O)C[C@@]13C=C[C@@H](C(=O)[C@H]12)[C@](O)(CO)C3. The van der Waals surface area contributed by atoms with Crippen LogP contribution >= 0.6 is 0 Å². The second-order valence-electron chi connectivity index (χ2n) is 9.94. The molecule has 4 nitrogen and oxygen atoms in total. The molecule has 0 aromatic heterocycles.